The number of carbonyl (C=O) groups excluding carboxylic acids is 1. The van der Waals surface area contributed by atoms with Gasteiger partial charge in [-0.05, 0) is 41.8 Å². The third-order valence-electron chi connectivity index (χ3n) is 7.12. The molecule has 3 aromatic carbocycles. The summed E-state index contributed by atoms with van der Waals surface area (Å²) in [7, 11) is 0. The first-order valence-corrected chi connectivity index (χ1v) is 12.9. The Morgan fingerprint density at radius 3 is 2.50 bits per heavy atom. The summed E-state index contributed by atoms with van der Waals surface area (Å²) in [6.07, 6.45) is 2.95. The predicted molar refractivity (Wildman–Crippen MR) is 152 cm³/mol. The normalized spacial score (nSPS) is 15.0. The van der Waals surface area contributed by atoms with Crippen LogP contribution in [0.2, 0.25) is 0 Å². The molecule has 1 atom stereocenters. The van der Waals surface area contributed by atoms with Gasteiger partial charge in [-0.2, -0.15) is 5.10 Å². The summed E-state index contributed by atoms with van der Waals surface area (Å²) in [6.45, 7) is 1.97. The molecule has 0 unspecified atom stereocenters. The lowest BCUT2D eigenvalue weighted by molar-refractivity contribution is -0.141. The lowest BCUT2D eigenvalue weighted by Gasteiger charge is -2.22. The number of rotatable bonds is 6. The molecule has 6 rings (SSSR count). The highest BCUT2D eigenvalue weighted by atomic mass is 16.4. The van der Waals surface area contributed by atoms with Crippen LogP contribution in [0.15, 0.2) is 89.0 Å². The number of fused-ring (bicyclic) bond motifs is 2. The van der Waals surface area contributed by atoms with Crippen molar-refractivity contribution >= 4 is 39.5 Å². The van der Waals surface area contributed by atoms with E-state index in [4.69, 9.17) is 5.10 Å². The zero-order chi connectivity index (χ0) is 27.8. The number of carboxylic acid groups (broad SMARTS) is 1. The minimum Gasteiger partial charge on any atom is -0.481 e. The Labute approximate surface area is 228 Å². The van der Waals surface area contributed by atoms with Gasteiger partial charge in [0.2, 0.25) is 5.91 Å². The van der Waals surface area contributed by atoms with Crippen LogP contribution in [-0.4, -0.2) is 42.7 Å². The predicted octanol–water partition coefficient (Wildman–Crippen LogP) is 4.99. The molecule has 9 nitrogen and oxygen atoms in total. The van der Waals surface area contributed by atoms with Crippen LogP contribution in [0.1, 0.15) is 42.0 Å². The molecule has 0 bridgehead atoms. The second-order valence-electron chi connectivity index (χ2n) is 9.82. The standard InChI is InChI=1S/C31H25N5O4/c1-18-7-9-21-23(15-18)34-31(40)30(29(21)19-5-3-2-4-6-19)25-17-26(36(35-25)27(37)11-12-28(38)39)20-8-10-22-24(16-20)33-14-13-32-22/h2-10,13-16,26H,11-12,17H2,1H3,(H,34,40)(H,38,39)/t26-/m1/s1. The van der Waals surface area contributed by atoms with Gasteiger partial charge in [-0.1, -0.05) is 48.5 Å². The number of nitrogens with one attached hydrogen (secondary N) is 1. The number of hydrogen-bond acceptors (Lipinski definition) is 6. The molecule has 0 radical (unpaired) electrons. The van der Waals surface area contributed by atoms with Crippen molar-refractivity contribution in [1.29, 1.82) is 0 Å². The molecular formula is C31H25N5O4. The van der Waals surface area contributed by atoms with E-state index in [0.29, 0.717) is 27.8 Å². The maximum absolute atomic E-state index is 13.7. The van der Waals surface area contributed by atoms with Crippen molar-refractivity contribution in [3.05, 3.63) is 106 Å². The van der Waals surface area contributed by atoms with E-state index in [-0.39, 0.29) is 24.8 Å². The largest absolute Gasteiger partial charge is 0.481 e. The Balaban J connectivity index is 1.52. The SMILES string of the molecule is Cc1ccc2c(-c3ccccc3)c(C3=NN(C(=O)CCC(=O)O)[C@@H](c4ccc5nccnc5c4)C3)c(=O)[nH]c2c1. The summed E-state index contributed by atoms with van der Waals surface area (Å²) < 4.78 is 0. The minimum absolute atomic E-state index is 0.213. The van der Waals surface area contributed by atoms with E-state index in [0.717, 1.165) is 27.6 Å². The van der Waals surface area contributed by atoms with Crippen LogP contribution in [0.25, 0.3) is 33.1 Å². The summed E-state index contributed by atoms with van der Waals surface area (Å²) in [6, 6.07) is 20.6. The van der Waals surface area contributed by atoms with Crippen LogP contribution < -0.4 is 5.56 Å². The molecule has 2 N–H and O–H groups in total. The number of carboxylic acids is 1. The highest BCUT2D eigenvalue weighted by Crippen LogP contribution is 2.37. The van der Waals surface area contributed by atoms with Gasteiger partial charge < -0.3 is 10.1 Å². The van der Waals surface area contributed by atoms with E-state index < -0.39 is 17.9 Å². The number of amides is 1. The fourth-order valence-electron chi connectivity index (χ4n) is 5.26. The molecule has 40 heavy (non-hydrogen) atoms. The quantitative estimate of drug-likeness (QED) is 0.318. The summed E-state index contributed by atoms with van der Waals surface area (Å²) >= 11 is 0. The van der Waals surface area contributed by atoms with Gasteiger partial charge in [-0.15, -0.1) is 0 Å². The van der Waals surface area contributed by atoms with E-state index in [1.165, 1.54) is 5.01 Å². The van der Waals surface area contributed by atoms with E-state index >= 15 is 0 Å². The average molecular weight is 532 g/mol. The van der Waals surface area contributed by atoms with E-state index in [2.05, 4.69) is 15.0 Å². The van der Waals surface area contributed by atoms with Gasteiger partial charge in [0.15, 0.2) is 0 Å². The monoisotopic (exact) mass is 531 g/mol. The van der Waals surface area contributed by atoms with Crippen LogP contribution in [0.5, 0.6) is 0 Å². The number of aromatic amines is 1. The third kappa shape index (κ3) is 4.62. The number of pyridine rings is 1. The van der Waals surface area contributed by atoms with Gasteiger partial charge in [-0.3, -0.25) is 24.4 Å². The molecular weight excluding hydrogens is 506 g/mol. The van der Waals surface area contributed by atoms with Crippen molar-refractivity contribution in [2.24, 2.45) is 5.10 Å². The van der Waals surface area contributed by atoms with Crippen molar-refractivity contribution in [2.45, 2.75) is 32.2 Å². The van der Waals surface area contributed by atoms with Crippen LogP contribution in [0.4, 0.5) is 0 Å². The molecule has 1 aliphatic heterocycles. The molecule has 9 heteroatoms. The molecule has 2 aromatic heterocycles. The molecule has 0 saturated carbocycles. The number of hydrazone groups is 1. The van der Waals surface area contributed by atoms with Crippen molar-refractivity contribution in [2.75, 3.05) is 0 Å². The van der Waals surface area contributed by atoms with Crippen LogP contribution in [0.3, 0.4) is 0 Å². The molecule has 198 valence electrons. The first-order chi connectivity index (χ1) is 19.4. The highest BCUT2D eigenvalue weighted by molar-refractivity contribution is 6.13. The van der Waals surface area contributed by atoms with Gasteiger partial charge in [-0.25, -0.2) is 5.01 Å². The van der Waals surface area contributed by atoms with Crippen LogP contribution in [-0.2, 0) is 9.59 Å². The smallest absolute Gasteiger partial charge is 0.303 e. The van der Waals surface area contributed by atoms with Crippen molar-refractivity contribution < 1.29 is 14.7 Å². The fraction of sp³-hybridized carbons (Fsp3) is 0.161. The molecule has 3 heterocycles. The topological polar surface area (TPSA) is 129 Å². The number of aromatic nitrogens is 3. The summed E-state index contributed by atoms with van der Waals surface area (Å²) in [4.78, 5) is 50.0. The van der Waals surface area contributed by atoms with Gasteiger partial charge in [0, 0.05) is 41.7 Å². The Morgan fingerprint density at radius 1 is 0.950 bits per heavy atom. The van der Waals surface area contributed by atoms with Crippen LogP contribution >= 0.6 is 0 Å². The van der Waals surface area contributed by atoms with Crippen molar-refractivity contribution in [3.8, 4) is 11.1 Å². The molecule has 0 fully saturated rings. The van der Waals surface area contributed by atoms with Crippen molar-refractivity contribution in [1.82, 2.24) is 20.0 Å². The van der Waals surface area contributed by atoms with Gasteiger partial charge in [0.25, 0.3) is 5.56 Å². The lowest BCUT2D eigenvalue weighted by Crippen LogP contribution is -2.27. The van der Waals surface area contributed by atoms with E-state index in [9.17, 15) is 19.5 Å². The number of H-pyrrole nitrogens is 1. The van der Waals surface area contributed by atoms with E-state index in [1.807, 2.05) is 73.7 Å². The van der Waals surface area contributed by atoms with Gasteiger partial charge >= 0.3 is 5.97 Å². The number of aliphatic carboxylic acids is 1. The maximum Gasteiger partial charge on any atom is 0.303 e. The molecule has 0 saturated heterocycles. The fourth-order valence-corrected chi connectivity index (χ4v) is 5.26. The minimum atomic E-state index is -1.07. The Morgan fingerprint density at radius 2 is 1.73 bits per heavy atom. The average Bonchev–Trinajstić information content (AvgIpc) is 3.40. The number of nitrogens with zero attached hydrogens (tertiary/aromatic N) is 4. The zero-order valence-corrected chi connectivity index (χ0v) is 21.7. The number of carbonyl (C=O) groups is 2. The highest BCUT2D eigenvalue weighted by Gasteiger charge is 2.35. The molecule has 1 aliphatic rings. The molecule has 5 aromatic rings. The van der Waals surface area contributed by atoms with Gasteiger partial charge in [0.05, 0.1) is 34.8 Å². The van der Waals surface area contributed by atoms with Crippen molar-refractivity contribution in [3.63, 3.8) is 0 Å². The Bertz CT molecular complexity index is 1880. The molecule has 0 aliphatic carbocycles. The first kappa shape index (κ1) is 25.1. The zero-order valence-electron chi connectivity index (χ0n) is 21.7. The Hall–Kier alpha value is -5.18. The van der Waals surface area contributed by atoms with Crippen LogP contribution in [0, 0.1) is 6.92 Å². The molecule has 0 spiro atoms. The number of aryl methyl sites for hydroxylation is 1. The number of benzene rings is 3. The Kier molecular flexibility index (Phi) is 6.39. The third-order valence-corrected chi connectivity index (χ3v) is 7.12. The summed E-state index contributed by atoms with van der Waals surface area (Å²) in [5.41, 5.74) is 6.00. The second kappa shape index (κ2) is 10.2. The lowest BCUT2D eigenvalue weighted by atomic mass is 9.90. The number of hydrogen-bond donors (Lipinski definition) is 2. The first-order valence-electron chi connectivity index (χ1n) is 12.9. The molecule has 1 amide bonds. The van der Waals surface area contributed by atoms with Gasteiger partial charge in [0.1, 0.15) is 0 Å². The summed E-state index contributed by atoms with van der Waals surface area (Å²) in [5, 5.41) is 16.1. The summed E-state index contributed by atoms with van der Waals surface area (Å²) in [5.74, 6) is -1.50. The van der Waals surface area contributed by atoms with E-state index in [1.54, 1.807) is 12.4 Å². The maximum atomic E-state index is 13.7. The second-order valence-corrected chi connectivity index (χ2v) is 9.82.